The van der Waals surface area contributed by atoms with Gasteiger partial charge in [-0.05, 0) is 74.0 Å². The second-order valence-corrected chi connectivity index (χ2v) is 6.81. The standard InChI is InChI=1S/C16H26BrN3/c1-19(2)13-14-7-10-20(11-8-14)12-9-18-16-6-4-3-5-15(16)17/h3-6,14,18H,7-13H2,1-2H3. The molecule has 0 spiro atoms. The molecule has 1 fully saturated rings. The predicted molar refractivity (Wildman–Crippen MR) is 90.3 cm³/mol. The van der Waals surface area contributed by atoms with E-state index in [1.165, 1.54) is 38.2 Å². The van der Waals surface area contributed by atoms with Crippen LogP contribution in [0.2, 0.25) is 0 Å². The van der Waals surface area contributed by atoms with E-state index in [0.29, 0.717) is 0 Å². The minimum atomic E-state index is 0.887. The first kappa shape index (κ1) is 15.8. The van der Waals surface area contributed by atoms with Gasteiger partial charge in [-0.3, -0.25) is 0 Å². The average Bonchev–Trinajstić information content (AvgIpc) is 2.42. The molecular weight excluding hydrogens is 314 g/mol. The number of piperidine rings is 1. The number of hydrogen-bond donors (Lipinski definition) is 1. The van der Waals surface area contributed by atoms with Crippen LogP contribution in [0.25, 0.3) is 0 Å². The molecule has 1 aliphatic rings. The highest BCUT2D eigenvalue weighted by Gasteiger charge is 2.19. The van der Waals surface area contributed by atoms with Crippen LogP contribution in [-0.2, 0) is 0 Å². The van der Waals surface area contributed by atoms with Gasteiger partial charge in [-0.1, -0.05) is 12.1 Å². The second-order valence-electron chi connectivity index (χ2n) is 5.95. The molecule has 0 unspecified atom stereocenters. The van der Waals surface area contributed by atoms with E-state index >= 15 is 0 Å². The van der Waals surface area contributed by atoms with Crippen molar-refractivity contribution in [2.45, 2.75) is 12.8 Å². The van der Waals surface area contributed by atoms with Crippen molar-refractivity contribution in [2.24, 2.45) is 5.92 Å². The van der Waals surface area contributed by atoms with Crippen LogP contribution in [-0.4, -0.2) is 56.6 Å². The topological polar surface area (TPSA) is 18.5 Å². The van der Waals surface area contributed by atoms with Gasteiger partial charge in [-0.25, -0.2) is 0 Å². The molecule has 0 atom stereocenters. The number of likely N-dealkylation sites (tertiary alicyclic amines) is 1. The summed E-state index contributed by atoms with van der Waals surface area (Å²) in [4.78, 5) is 4.89. The fourth-order valence-corrected chi connectivity index (χ4v) is 3.29. The van der Waals surface area contributed by atoms with Gasteiger partial charge in [0.1, 0.15) is 0 Å². The molecule has 2 rings (SSSR count). The average molecular weight is 340 g/mol. The summed E-state index contributed by atoms with van der Waals surface area (Å²) in [6, 6.07) is 8.31. The third kappa shape index (κ3) is 5.08. The first-order valence-electron chi connectivity index (χ1n) is 7.50. The molecule has 1 aliphatic heterocycles. The monoisotopic (exact) mass is 339 g/mol. The summed E-state index contributed by atoms with van der Waals surface area (Å²) >= 11 is 3.57. The summed E-state index contributed by atoms with van der Waals surface area (Å²) < 4.78 is 1.14. The Morgan fingerprint density at radius 1 is 1.25 bits per heavy atom. The van der Waals surface area contributed by atoms with Gasteiger partial charge in [0.2, 0.25) is 0 Å². The smallest absolute Gasteiger partial charge is 0.0485 e. The van der Waals surface area contributed by atoms with Crippen molar-refractivity contribution in [1.82, 2.24) is 9.80 Å². The third-order valence-corrected chi connectivity index (χ3v) is 4.64. The Kier molecular flexibility index (Phi) is 6.33. The van der Waals surface area contributed by atoms with Gasteiger partial charge >= 0.3 is 0 Å². The molecule has 0 aromatic heterocycles. The van der Waals surface area contributed by atoms with E-state index in [2.05, 4.69) is 63.3 Å². The fraction of sp³-hybridized carbons (Fsp3) is 0.625. The van der Waals surface area contributed by atoms with E-state index in [-0.39, 0.29) is 0 Å². The number of halogens is 1. The quantitative estimate of drug-likeness (QED) is 0.858. The Labute approximate surface area is 131 Å². The first-order valence-corrected chi connectivity index (χ1v) is 8.30. The van der Waals surface area contributed by atoms with Crippen LogP contribution in [0.3, 0.4) is 0 Å². The van der Waals surface area contributed by atoms with E-state index in [4.69, 9.17) is 0 Å². The molecule has 1 saturated heterocycles. The summed E-state index contributed by atoms with van der Waals surface area (Å²) in [5.74, 6) is 0.887. The van der Waals surface area contributed by atoms with Crippen molar-refractivity contribution in [3.63, 3.8) is 0 Å². The van der Waals surface area contributed by atoms with Crippen LogP contribution >= 0.6 is 15.9 Å². The molecule has 1 heterocycles. The van der Waals surface area contributed by atoms with Gasteiger partial charge in [0.25, 0.3) is 0 Å². The highest BCUT2D eigenvalue weighted by Crippen LogP contribution is 2.21. The van der Waals surface area contributed by atoms with Crippen LogP contribution in [0.5, 0.6) is 0 Å². The molecule has 20 heavy (non-hydrogen) atoms. The molecule has 0 radical (unpaired) electrons. The second kappa shape index (κ2) is 8.01. The molecule has 4 heteroatoms. The van der Waals surface area contributed by atoms with E-state index < -0.39 is 0 Å². The number of hydrogen-bond acceptors (Lipinski definition) is 3. The van der Waals surface area contributed by atoms with Gasteiger partial charge in [0, 0.05) is 29.8 Å². The summed E-state index contributed by atoms with van der Waals surface area (Å²) in [5, 5.41) is 3.51. The minimum absolute atomic E-state index is 0.887. The Morgan fingerprint density at radius 3 is 2.60 bits per heavy atom. The molecule has 112 valence electrons. The van der Waals surface area contributed by atoms with Crippen molar-refractivity contribution in [3.8, 4) is 0 Å². The Bertz CT molecular complexity index is 400. The number of benzene rings is 1. The minimum Gasteiger partial charge on any atom is -0.383 e. The normalized spacial score (nSPS) is 17.6. The number of anilines is 1. The van der Waals surface area contributed by atoms with E-state index in [0.717, 1.165) is 23.5 Å². The zero-order valence-corrected chi connectivity index (χ0v) is 14.2. The van der Waals surface area contributed by atoms with Gasteiger partial charge in [0.15, 0.2) is 0 Å². The van der Waals surface area contributed by atoms with Crippen LogP contribution in [0, 0.1) is 5.92 Å². The molecule has 0 saturated carbocycles. The third-order valence-electron chi connectivity index (χ3n) is 3.95. The summed E-state index contributed by atoms with van der Waals surface area (Å²) in [7, 11) is 4.35. The highest BCUT2D eigenvalue weighted by molar-refractivity contribution is 9.10. The molecule has 3 nitrogen and oxygen atoms in total. The molecule has 1 N–H and O–H groups in total. The predicted octanol–water partition coefficient (Wildman–Crippen LogP) is 3.13. The van der Waals surface area contributed by atoms with Crippen LogP contribution in [0.15, 0.2) is 28.7 Å². The van der Waals surface area contributed by atoms with Crippen molar-refractivity contribution in [2.75, 3.05) is 52.1 Å². The zero-order chi connectivity index (χ0) is 14.4. The first-order chi connectivity index (χ1) is 9.65. The Morgan fingerprint density at radius 2 is 1.95 bits per heavy atom. The lowest BCUT2D eigenvalue weighted by Crippen LogP contribution is -2.39. The lowest BCUT2D eigenvalue weighted by atomic mass is 9.96. The van der Waals surface area contributed by atoms with E-state index in [1.54, 1.807) is 0 Å². The van der Waals surface area contributed by atoms with Gasteiger partial charge in [-0.2, -0.15) is 0 Å². The number of rotatable bonds is 6. The van der Waals surface area contributed by atoms with Crippen molar-refractivity contribution >= 4 is 21.6 Å². The number of nitrogens with zero attached hydrogens (tertiary/aromatic N) is 2. The number of nitrogens with one attached hydrogen (secondary N) is 1. The molecule has 1 aromatic rings. The number of para-hydroxylation sites is 1. The van der Waals surface area contributed by atoms with Crippen molar-refractivity contribution < 1.29 is 0 Å². The molecule has 1 aromatic carbocycles. The Balaban J connectivity index is 1.65. The SMILES string of the molecule is CN(C)CC1CCN(CCNc2ccccc2Br)CC1. The van der Waals surface area contributed by atoms with Crippen LogP contribution in [0.4, 0.5) is 5.69 Å². The Hall–Kier alpha value is -0.580. The maximum Gasteiger partial charge on any atom is 0.0485 e. The molecule has 0 bridgehead atoms. The van der Waals surface area contributed by atoms with Gasteiger partial charge in [-0.15, -0.1) is 0 Å². The molecule has 0 aliphatic carbocycles. The maximum absolute atomic E-state index is 3.57. The summed E-state index contributed by atoms with van der Waals surface area (Å²) in [5.41, 5.74) is 1.19. The maximum atomic E-state index is 3.57. The van der Waals surface area contributed by atoms with Crippen LogP contribution < -0.4 is 5.32 Å². The van der Waals surface area contributed by atoms with Crippen molar-refractivity contribution in [3.05, 3.63) is 28.7 Å². The lowest BCUT2D eigenvalue weighted by Gasteiger charge is -2.33. The van der Waals surface area contributed by atoms with Crippen LogP contribution in [0.1, 0.15) is 12.8 Å². The van der Waals surface area contributed by atoms with Gasteiger partial charge in [0.05, 0.1) is 0 Å². The van der Waals surface area contributed by atoms with Gasteiger partial charge < -0.3 is 15.1 Å². The largest absolute Gasteiger partial charge is 0.383 e. The highest BCUT2D eigenvalue weighted by atomic mass is 79.9. The summed E-state index contributed by atoms with van der Waals surface area (Å²) in [6.45, 7) is 5.88. The van der Waals surface area contributed by atoms with Crippen molar-refractivity contribution in [1.29, 1.82) is 0 Å². The lowest BCUT2D eigenvalue weighted by molar-refractivity contribution is 0.167. The zero-order valence-electron chi connectivity index (χ0n) is 12.6. The molecule has 0 amide bonds. The van der Waals surface area contributed by atoms with E-state index in [9.17, 15) is 0 Å². The molecular formula is C16H26BrN3. The summed E-state index contributed by atoms with van der Waals surface area (Å²) in [6.07, 6.45) is 2.68. The van der Waals surface area contributed by atoms with E-state index in [1.807, 2.05) is 6.07 Å². The fourth-order valence-electron chi connectivity index (χ4n) is 2.86.